The molecule has 3 heterocycles. The number of ether oxygens (including phenoxy) is 1. The van der Waals surface area contributed by atoms with Crippen LogP contribution in [0.3, 0.4) is 0 Å². The van der Waals surface area contributed by atoms with Crippen LogP contribution >= 0.6 is 0 Å². The number of amides is 2. The fourth-order valence-electron chi connectivity index (χ4n) is 4.21. The number of rotatable bonds is 4. The summed E-state index contributed by atoms with van der Waals surface area (Å²) < 4.78 is 5.71. The van der Waals surface area contributed by atoms with Crippen molar-refractivity contribution in [2.75, 3.05) is 65.4 Å². The van der Waals surface area contributed by atoms with E-state index < -0.39 is 0 Å². The zero-order valence-corrected chi connectivity index (χ0v) is 16.4. The molecular weight excluding hydrogens is 332 g/mol. The molecule has 2 amide bonds. The number of piperidine rings is 1. The van der Waals surface area contributed by atoms with Gasteiger partial charge in [-0.1, -0.05) is 0 Å². The maximum absolute atomic E-state index is 12.6. The van der Waals surface area contributed by atoms with E-state index in [2.05, 4.69) is 9.80 Å². The molecule has 0 bridgehead atoms. The van der Waals surface area contributed by atoms with Gasteiger partial charge in [0.2, 0.25) is 11.8 Å². The molecule has 0 N–H and O–H groups in total. The molecule has 3 aliphatic rings. The van der Waals surface area contributed by atoms with Crippen LogP contribution in [0.25, 0.3) is 0 Å². The first-order chi connectivity index (χ1) is 12.5. The highest BCUT2D eigenvalue weighted by molar-refractivity contribution is 5.79. The Morgan fingerprint density at radius 1 is 0.731 bits per heavy atom. The molecule has 0 spiro atoms. The first kappa shape index (κ1) is 19.6. The van der Waals surface area contributed by atoms with Gasteiger partial charge in [0.15, 0.2) is 0 Å². The second kappa shape index (κ2) is 9.15. The number of morpholine rings is 1. The highest BCUT2D eigenvalue weighted by Crippen LogP contribution is 2.13. The van der Waals surface area contributed by atoms with E-state index in [9.17, 15) is 9.59 Å². The van der Waals surface area contributed by atoms with E-state index in [1.165, 1.54) is 6.42 Å². The Morgan fingerprint density at radius 2 is 1.19 bits per heavy atom. The largest absolute Gasteiger partial charge is 0.372 e. The lowest BCUT2D eigenvalue weighted by molar-refractivity contribution is -0.145. The Hall–Kier alpha value is -1.18. The van der Waals surface area contributed by atoms with E-state index in [1.807, 2.05) is 23.6 Å². The predicted molar refractivity (Wildman–Crippen MR) is 99.9 cm³/mol. The van der Waals surface area contributed by atoms with Crippen molar-refractivity contribution >= 4 is 11.8 Å². The van der Waals surface area contributed by atoms with Crippen LogP contribution in [0, 0.1) is 0 Å². The third-order valence-corrected chi connectivity index (χ3v) is 5.66. The van der Waals surface area contributed by atoms with E-state index in [1.54, 1.807) is 0 Å². The van der Waals surface area contributed by atoms with E-state index >= 15 is 0 Å². The minimum Gasteiger partial charge on any atom is -0.372 e. The summed E-state index contributed by atoms with van der Waals surface area (Å²) >= 11 is 0. The molecule has 0 aromatic rings. The van der Waals surface area contributed by atoms with Gasteiger partial charge in [0.05, 0.1) is 25.3 Å². The summed E-state index contributed by atoms with van der Waals surface area (Å²) in [6, 6.07) is 0. The zero-order chi connectivity index (χ0) is 18.5. The first-order valence-corrected chi connectivity index (χ1v) is 10.2. The van der Waals surface area contributed by atoms with Crippen LogP contribution in [0.5, 0.6) is 0 Å². The van der Waals surface area contributed by atoms with E-state index in [-0.39, 0.29) is 24.0 Å². The van der Waals surface area contributed by atoms with Crippen molar-refractivity contribution in [3.05, 3.63) is 0 Å². The van der Waals surface area contributed by atoms with Crippen LogP contribution in [0.4, 0.5) is 0 Å². The van der Waals surface area contributed by atoms with Crippen molar-refractivity contribution in [3.8, 4) is 0 Å². The van der Waals surface area contributed by atoms with Crippen LogP contribution in [0.2, 0.25) is 0 Å². The summed E-state index contributed by atoms with van der Waals surface area (Å²) in [5, 5.41) is 0. The fourth-order valence-corrected chi connectivity index (χ4v) is 4.21. The molecule has 0 aromatic heterocycles. The smallest absolute Gasteiger partial charge is 0.236 e. The molecular formula is C19H34N4O3. The molecule has 0 radical (unpaired) electrons. The van der Waals surface area contributed by atoms with Gasteiger partial charge in [-0.2, -0.15) is 0 Å². The molecule has 3 fully saturated rings. The summed E-state index contributed by atoms with van der Waals surface area (Å²) in [7, 11) is 0. The van der Waals surface area contributed by atoms with Gasteiger partial charge in [0.1, 0.15) is 0 Å². The molecule has 3 saturated heterocycles. The van der Waals surface area contributed by atoms with E-state index in [0.29, 0.717) is 26.2 Å². The van der Waals surface area contributed by atoms with Gasteiger partial charge < -0.3 is 14.5 Å². The normalized spacial score (nSPS) is 29.0. The summed E-state index contributed by atoms with van der Waals surface area (Å²) in [4.78, 5) is 33.4. The summed E-state index contributed by atoms with van der Waals surface area (Å²) in [5.74, 6) is 0.468. The molecule has 0 aromatic carbocycles. The van der Waals surface area contributed by atoms with E-state index in [0.717, 1.165) is 52.1 Å². The van der Waals surface area contributed by atoms with Gasteiger partial charge in [-0.3, -0.25) is 19.4 Å². The Labute approximate surface area is 157 Å². The molecule has 0 aliphatic carbocycles. The fraction of sp³-hybridized carbons (Fsp3) is 0.895. The molecule has 2 atom stereocenters. The molecule has 3 rings (SSSR count). The van der Waals surface area contributed by atoms with Crippen LogP contribution in [0.15, 0.2) is 0 Å². The minimum absolute atomic E-state index is 0.111. The van der Waals surface area contributed by atoms with Gasteiger partial charge in [0.25, 0.3) is 0 Å². The van der Waals surface area contributed by atoms with Crippen molar-refractivity contribution in [2.24, 2.45) is 0 Å². The molecule has 0 saturated carbocycles. The third-order valence-electron chi connectivity index (χ3n) is 5.66. The minimum atomic E-state index is 0.111. The number of piperazine rings is 1. The highest BCUT2D eigenvalue weighted by atomic mass is 16.5. The van der Waals surface area contributed by atoms with E-state index in [4.69, 9.17) is 4.74 Å². The van der Waals surface area contributed by atoms with Gasteiger partial charge in [-0.15, -0.1) is 0 Å². The quantitative estimate of drug-likeness (QED) is 0.714. The molecule has 7 nitrogen and oxygen atoms in total. The second-order valence-electron chi connectivity index (χ2n) is 8.05. The lowest BCUT2D eigenvalue weighted by atomic mass is 10.1. The summed E-state index contributed by atoms with van der Waals surface area (Å²) in [6.07, 6.45) is 3.75. The number of hydrogen-bond donors (Lipinski definition) is 0. The van der Waals surface area contributed by atoms with Crippen molar-refractivity contribution in [2.45, 2.75) is 45.3 Å². The number of nitrogens with zero attached hydrogens (tertiary/aromatic N) is 4. The van der Waals surface area contributed by atoms with Gasteiger partial charge in [-0.25, -0.2) is 0 Å². The van der Waals surface area contributed by atoms with Crippen LogP contribution in [-0.2, 0) is 14.3 Å². The number of hydrogen-bond acceptors (Lipinski definition) is 5. The molecule has 2 unspecified atom stereocenters. The predicted octanol–water partition coefficient (Wildman–Crippen LogP) is 0.252. The Bertz CT molecular complexity index is 477. The number of carbonyl (C=O) groups is 2. The SMILES string of the molecule is CC1CN(C(=O)CN2CCN(CC(=O)N3CCCCC3)CC2)CC(C)O1. The Morgan fingerprint density at radius 3 is 1.69 bits per heavy atom. The average Bonchev–Trinajstić information content (AvgIpc) is 2.63. The Balaban J connectivity index is 1.38. The maximum atomic E-state index is 12.6. The average molecular weight is 367 g/mol. The van der Waals surface area contributed by atoms with Crippen molar-refractivity contribution < 1.29 is 14.3 Å². The monoisotopic (exact) mass is 366 g/mol. The second-order valence-corrected chi connectivity index (χ2v) is 8.05. The van der Waals surface area contributed by atoms with Crippen molar-refractivity contribution in [3.63, 3.8) is 0 Å². The summed E-state index contributed by atoms with van der Waals surface area (Å²) in [6.45, 7) is 11.7. The first-order valence-electron chi connectivity index (χ1n) is 10.2. The highest BCUT2D eigenvalue weighted by Gasteiger charge is 2.28. The van der Waals surface area contributed by atoms with Crippen molar-refractivity contribution in [1.29, 1.82) is 0 Å². The number of carbonyl (C=O) groups excluding carboxylic acids is 2. The third kappa shape index (κ3) is 5.41. The van der Waals surface area contributed by atoms with Crippen LogP contribution < -0.4 is 0 Å². The molecule has 148 valence electrons. The molecule has 3 aliphatic heterocycles. The maximum Gasteiger partial charge on any atom is 0.236 e. The van der Waals surface area contributed by atoms with Gasteiger partial charge in [-0.05, 0) is 33.1 Å². The molecule has 26 heavy (non-hydrogen) atoms. The lowest BCUT2D eigenvalue weighted by Gasteiger charge is -2.38. The number of likely N-dealkylation sites (tertiary alicyclic amines) is 1. The topological polar surface area (TPSA) is 56.3 Å². The van der Waals surface area contributed by atoms with Crippen LogP contribution in [0.1, 0.15) is 33.1 Å². The molecule has 7 heteroatoms. The van der Waals surface area contributed by atoms with Crippen LogP contribution in [-0.4, -0.2) is 109 Å². The standard InChI is InChI=1S/C19H34N4O3/c1-16-12-23(13-17(2)26-16)19(25)15-21-10-8-20(9-11-21)14-18(24)22-6-4-3-5-7-22/h16-17H,3-15H2,1-2H3. The zero-order valence-electron chi connectivity index (χ0n) is 16.4. The van der Waals surface area contributed by atoms with Crippen molar-refractivity contribution in [1.82, 2.24) is 19.6 Å². The van der Waals surface area contributed by atoms with Gasteiger partial charge in [0, 0.05) is 52.4 Å². The summed E-state index contributed by atoms with van der Waals surface area (Å²) in [5.41, 5.74) is 0. The lowest BCUT2D eigenvalue weighted by Crippen LogP contribution is -2.54. The Kier molecular flexibility index (Phi) is 6.89. The van der Waals surface area contributed by atoms with Gasteiger partial charge >= 0.3 is 0 Å².